The molecule has 0 saturated carbocycles. The molecule has 0 bridgehead atoms. The van der Waals surface area contributed by atoms with Gasteiger partial charge in [-0.1, -0.05) is 43.3 Å². The Kier molecular flexibility index (Phi) is 7.52. The number of benzene rings is 2. The van der Waals surface area contributed by atoms with Gasteiger partial charge in [-0.2, -0.15) is 0 Å². The molecule has 0 aliphatic heterocycles. The molecule has 0 spiro atoms. The van der Waals surface area contributed by atoms with Crippen LogP contribution in [0.2, 0.25) is 0 Å². The Balaban J connectivity index is 1.82. The zero-order valence-electron chi connectivity index (χ0n) is 17.9. The van der Waals surface area contributed by atoms with Crippen LogP contribution < -0.4 is 5.32 Å². The molecule has 0 radical (unpaired) electrons. The van der Waals surface area contributed by atoms with Crippen LogP contribution in [0, 0.1) is 11.6 Å². The van der Waals surface area contributed by atoms with Crippen LogP contribution in [-0.2, 0) is 13.1 Å². The summed E-state index contributed by atoms with van der Waals surface area (Å²) in [5.74, 6) is -1.17. The lowest BCUT2D eigenvalue weighted by Crippen LogP contribution is -2.32. The van der Waals surface area contributed by atoms with E-state index < -0.39 is 11.6 Å². The Morgan fingerprint density at radius 1 is 1.13 bits per heavy atom. The van der Waals surface area contributed by atoms with Crippen LogP contribution in [0.1, 0.15) is 60.7 Å². The van der Waals surface area contributed by atoms with Crippen LogP contribution in [0.25, 0.3) is 0 Å². The molecule has 1 aromatic heterocycles. The molecule has 2 unspecified atom stereocenters. The van der Waals surface area contributed by atoms with E-state index in [9.17, 15) is 13.6 Å². The minimum Gasteiger partial charge on any atom is -0.447 e. The van der Waals surface area contributed by atoms with Crippen molar-refractivity contribution in [2.45, 2.75) is 52.4 Å². The first-order valence-corrected chi connectivity index (χ1v) is 10.4. The number of hydrogen-bond acceptors (Lipinski definition) is 4. The lowest BCUT2D eigenvalue weighted by molar-refractivity contribution is 0.0934. The van der Waals surface area contributed by atoms with Crippen molar-refractivity contribution >= 4 is 5.91 Å². The molecule has 5 nitrogen and oxygen atoms in total. The maximum Gasteiger partial charge on any atom is 0.273 e. The molecule has 0 aliphatic carbocycles. The molecule has 0 aliphatic rings. The van der Waals surface area contributed by atoms with Gasteiger partial charge in [0.25, 0.3) is 5.91 Å². The molecule has 3 aromatic rings. The average molecular weight is 427 g/mol. The number of nitrogens with one attached hydrogen (secondary N) is 1. The van der Waals surface area contributed by atoms with Crippen molar-refractivity contribution in [1.29, 1.82) is 0 Å². The summed E-state index contributed by atoms with van der Waals surface area (Å²) in [4.78, 5) is 18.6. The fraction of sp³-hybridized carbons (Fsp3) is 0.333. The highest BCUT2D eigenvalue weighted by molar-refractivity contribution is 5.92. The normalized spacial score (nSPS) is 13.2. The number of carbonyl (C=O) groups excluding carboxylic acids is 1. The molecule has 31 heavy (non-hydrogen) atoms. The first-order chi connectivity index (χ1) is 14.9. The Morgan fingerprint density at radius 3 is 2.55 bits per heavy atom. The highest BCUT2D eigenvalue weighted by Gasteiger charge is 2.22. The summed E-state index contributed by atoms with van der Waals surface area (Å²) >= 11 is 0. The van der Waals surface area contributed by atoms with Gasteiger partial charge in [0.05, 0.1) is 6.54 Å². The molecule has 2 aromatic carbocycles. The standard InChI is InChI=1S/C24H27F2N3O2/c1-4-16(2)27-24(30)22-15-31-23(28-22)14-29(17(3)18-8-6-5-7-9-18)13-19-10-11-20(25)12-21(19)26/h5-12,15-17H,4,13-14H2,1-3H3,(H,27,30). The van der Waals surface area contributed by atoms with E-state index in [2.05, 4.69) is 10.3 Å². The molecule has 2 atom stereocenters. The van der Waals surface area contributed by atoms with Crippen LogP contribution in [0.15, 0.2) is 59.2 Å². The van der Waals surface area contributed by atoms with Gasteiger partial charge in [-0.15, -0.1) is 0 Å². The Labute approximate surface area is 181 Å². The van der Waals surface area contributed by atoms with E-state index in [0.29, 0.717) is 11.5 Å². The smallest absolute Gasteiger partial charge is 0.273 e. The quantitative estimate of drug-likeness (QED) is 0.507. The fourth-order valence-electron chi connectivity index (χ4n) is 3.20. The Morgan fingerprint density at radius 2 is 1.87 bits per heavy atom. The van der Waals surface area contributed by atoms with Gasteiger partial charge in [0.2, 0.25) is 5.89 Å². The maximum atomic E-state index is 14.3. The highest BCUT2D eigenvalue weighted by Crippen LogP contribution is 2.25. The van der Waals surface area contributed by atoms with Gasteiger partial charge in [-0.25, -0.2) is 13.8 Å². The van der Waals surface area contributed by atoms with Crippen LogP contribution in [0.3, 0.4) is 0 Å². The molecule has 1 heterocycles. The average Bonchev–Trinajstić information content (AvgIpc) is 3.23. The number of aromatic nitrogens is 1. The monoisotopic (exact) mass is 427 g/mol. The highest BCUT2D eigenvalue weighted by atomic mass is 19.1. The van der Waals surface area contributed by atoms with Crippen LogP contribution in [0.5, 0.6) is 0 Å². The Hall–Kier alpha value is -3.06. The molecule has 3 rings (SSSR count). The second-order valence-electron chi connectivity index (χ2n) is 7.64. The van der Waals surface area contributed by atoms with Gasteiger partial charge >= 0.3 is 0 Å². The largest absolute Gasteiger partial charge is 0.447 e. The molecule has 1 N–H and O–H groups in total. The van der Waals surface area contributed by atoms with E-state index in [0.717, 1.165) is 18.1 Å². The number of nitrogens with zero attached hydrogens (tertiary/aromatic N) is 2. The van der Waals surface area contributed by atoms with Crippen molar-refractivity contribution in [3.05, 3.63) is 89.1 Å². The van der Waals surface area contributed by atoms with E-state index in [1.54, 1.807) is 0 Å². The SMILES string of the molecule is CCC(C)NC(=O)c1coc(CN(Cc2ccc(F)cc2F)C(C)c2ccccc2)n1. The minimum absolute atomic E-state index is 0.0312. The predicted octanol–water partition coefficient (Wildman–Crippen LogP) is 5.24. The molecule has 1 amide bonds. The number of hydrogen-bond donors (Lipinski definition) is 1. The third-order valence-corrected chi connectivity index (χ3v) is 5.33. The topological polar surface area (TPSA) is 58.4 Å². The summed E-state index contributed by atoms with van der Waals surface area (Å²) in [5.41, 5.74) is 1.60. The third kappa shape index (κ3) is 5.98. The second-order valence-corrected chi connectivity index (χ2v) is 7.64. The zero-order chi connectivity index (χ0) is 22.4. The van der Waals surface area contributed by atoms with E-state index in [4.69, 9.17) is 4.42 Å². The van der Waals surface area contributed by atoms with Crippen molar-refractivity contribution < 1.29 is 18.0 Å². The van der Waals surface area contributed by atoms with E-state index >= 15 is 0 Å². The van der Waals surface area contributed by atoms with Crippen molar-refractivity contribution in [1.82, 2.24) is 15.2 Å². The molecular formula is C24H27F2N3O2. The zero-order valence-corrected chi connectivity index (χ0v) is 17.9. The summed E-state index contributed by atoms with van der Waals surface area (Å²) in [5, 5.41) is 2.85. The summed E-state index contributed by atoms with van der Waals surface area (Å²) in [6.07, 6.45) is 2.14. The van der Waals surface area contributed by atoms with Gasteiger partial charge < -0.3 is 9.73 Å². The number of oxazole rings is 1. The number of amides is 1. The Bertz CT molecular complexity index is 1010. The van der Waals surface area contributed by atoms with Gasteiger partial charge in [-0.05, 0) is 31.9 Å². The fourth-order valence-corrected chi connectivity index (χ4v) is 3.20. The van der Waals surface area contributed by atoms with Crippen LogP contribution in [-0.4, -0.2) is 21.8 Å². The van der Waals surface area contributed by atoms with E-state index in [1.807, 2.05) is 56.0 Å². The maximum absolute atomic E-state index is 14.3. The van der Waals surface area contributed by atoms with Crippen molar-refractivity contribution in [2.75, 3.05) is 0 Å². The number of rotatable bonds is 9. The van der Waals surface area contributed by atoms with Crippen LogP contribution in [0.4, 0.5) is 8.78 Å². The van der Waals surface area contributed by atoms with Crippen LogP contribution >= 0.6 is 0 Å². The summed E-state index contributed by atoms with van der Waals surface area (Å²) < 4.78 is 33.2. The summed E-state index contributed by atoms with van der Waals surface area (Å²) in [6.45, 7) is 6.37. The molecule has 0 saturated heterocycles. The molecular weight excluding hydrogens is 400 g/mol. The number of halogens is 2. The minimum atomic E-state index is -0.617. The summed E-state index contributed by atoms with van der Waals surface area (Å²) in [6, 6.07) is 13.3. The first kappa shape index (κ1) is 22.6. The van der Waals surface area contributed by atoms with Crippen molar-refractivity contribution in [2.24, 2.45) is 0 Å². The molecule has 0 fully saturated rings. The lowest BCUT2D eigenvalue weighted by Gasteiger charge is -2.28. The van der Waals surface area contributed by atoms with Gasteiger partial charge in [0, 0.05) is 30.3 Å². The van der Waals surface area contributed by atoms with E-state index in [-0.39, 0.29) is 36.8 Å². The predicted molar refractivity (Wildman–Crippen MR) is 114 cm³/mol. The lowest BCUT2D eigenvalue weighted by atomic mass is 10.1. The van der Waals surface area contributed by atoms with E-state index in [1.165, 1.54) is 18.4 Å². The third-order valence-electron chi connectivity index (χ3n) is 5.33. The first-order valence-electron chi connectivity index (χ1n) is 10.4. The number of carbonyl (C=O) groups is 1. The summed E-state index contributed by atoms with van der Waals surface area (Å²) in [7, 11) is 0. The van der Waals surface area contributed by atoms with Crippen molar-refractivity contribution in [3.63, 3.8) is 0 Å². The van der Waals surface area contributed by atoms with Gasteiger partial charge in [-0.3, -0.25) is 9.69 Å². The molecule has 164 valence electrons. The van der Waals surface area contributed by atoms with Gasteiger partial charge in [0.1, 0.15) is 17.9 Å². The second kappa shape index (κ2) is 10.3. The van der Waals surface area contributed by atoms with Crippen molar-refractivity contribution in [3.8, 4) is 0 Å². The van der Waals surface area contributed by atoms with Gasteiger partial charge in [0.15, 0.2) is 5.69 Å². The molecule has 7 heteroatoms.